The minimum absolute atomic E-state index is 0.436. The first-order valence-electron chi connectivity index (χ1n) is 3.70. The van der Waals surface area contributed by atoms with Gasteiger partial charge in [-0.3, -0.25) is 0 Å². The Morgan fingerprint density at radius 1 is 1.44 bits per heavy atom. The van der Waals surface area contributed by atoms with Gasteiger partial charge in [0, 0.05) is 0 Å². The Labute approximate surface area is 58.1 Å². The minimum Gasteiger partial charge on any atom is -0.390 e. The lowest BCUT2D eigenvalue weighted by Crippen LogP contribution is -2.24. The summed E-state index contributed by atoms with van der Waals surface area (Å²) in [6.45, 7) is 8.17. The Bertz CT molecular complexity index is 74.6. The van der Waals surface area contributed by atoms with E-state index in [1.165, 1.54) is 0 Å². The third kappa shape index (κ3) is 4.46. The highest BCUT2D eigenvalue weighted by Gasteiger charge is 2.18. The van der Waals surface area contributed by atoms with Crippen LogP contribution in [-0.4, -0.2) is 10.7 Å². The second kappa shape index (κ2) is 3.21. The van der Waals surface area contributed by atoms with E-state index >= 15 is 0 Å². The summed E-state index contributed by atoms with van der Waals surface area (Å²) in [7, 11) is 0. The van der Waals surface area contributed by atoms with Crippen molar-refractivity contribution in [3.05, 3.63) is 0 Å². The Balaban J connectivity index is 3.58. The molecule has 0 aliphatic rings. The molecule has 0 aromatic heterocycles. The zero-order valence-electron chi connectivity index (χ0n) is 6.94. The molecule has 0 amide bonds. The smallest absolute Gasteiger partial charge is 0.0619 e. The van der Waals surface area contributed by atoms with Gasteiger partial charge >= 0.3 is 0 Å². The average Bonchev–Trinajstić information content (AvgIpc) is 1.63. The Morgan fingerprint density at radius 2 is 1.89 bits per heavy atom. The molecular formula is C8H18O. The van der Waals surface area contributed by atoms with Crippen molar-refractivity contribution in [2.24, 2.45) is 5.92 Å². The van der Waals surface area contributed by atoms with Crippen molar-refractivity contribution in [3.8, 4) is 0 Å². The Morgan fingerprint density at radius 3 is 2.00 bits per heavy atom. The monoisotopic (exact) mass is 130 g/mol. The van der Waals surface area contributed by atoms with Crippen LogP contribution in [-0.2, 0) is 0 Å². The highest BCUT2D eigenvalue weighted by Crippen LogP contribution is 2.18. The molecule has 0 bridgehead atoms. The van der Waals surface area contributed by atoms with Gasteiger partial charge in [0.25, 0.3) is 0 Å². The highest BCUT2D eigenvalue weighted by molar-refractivity contribution is 4.71. The predicted molar refractivity (Wildman–Crippen MR) is 40.4 cm³/mol. The molecule has 1 atom stereocenters. The molecule has 56 valence electrons. The standard InChI is InChI=1S/C8H18O/c1-5-8(4,9)6-7(2)3/h7,9H,5-6H2,1-4H3. The fourth-order valence-electron chi connectivity index (χ4n) is 1.02. The van der Waals surface area contributed by atoms with E-state index < -0.39 is 5.60 Å². The molecule has 0 radical (unpaired) electrons. The lowest BCUT2D eigenvalue weighted by atomic mass is 9.92. The van der Waals surface area contributed by atoms with Crippen LogP contribution in [0.25, 0.3) is 0 Å². The molecule has 0 saturated carbocycles. The molecular weight excluding hydrogens is 112 g/mol. The van der Waals surface area contributed by atoms with Gasteiger partial charge in [0.1, 0.15) is 0 Å². The van der Waals surface area contributed by atoms with Crippen molar-refractivity contribution in [1.82, 2.24) is 0 Å². The van der Waals surface area contributed by atoms with Gasteiger partial charge in [0.05, 0.1) is 5.60 Å². The van der Waals surface area contributed by atoms with Crippen molar-refractivity contribution in [1.29, 1.82) is 0 Å². The van der Waals surface area contributed by atoms with E-state index in [1.807, 2.05) is 13.8 Å². The van der Waals surface area contributed by atoms with Gasteiger partial charge in [0.15, 0.2) is 0 Å². The van der Waals surface area contributed by atoms with Crippen molar-refractivity contribution in [2.75, 3.05) is 0 Å². The summed E-state index contributed by atoms with van der Waals surface area (Å²) >= 11 is 0. The number of aliphatic hydroxyl groups is 1. The summed E-state index contributed by atoms with van der Waals surface area (Å²) in [6, 6.07) is 0. The van der Waals surface area contributed by atoms with Gasteiger partial charge in [-0.15, -0.1) is 0 Å². The zero-order valence-corrected chi connectivity index (χ0v) is 6.94. The minimum atomic E-state index is -0.436. The molecule has 1 nitrogen and oxygen atoms in total. The molecule has 0 aliphatic heterocycles. The van der Waals surface area contributed by atoms with E-state index in [0.717, 1.165) is 12.8 Å². The van der Waals surface area contributed by atoms with Crippen LogP contribution in [0.15, 0.2) is 0 Å². The summed E-state index contributed by atoms with van der Waals surface area (Å²) in [5.41, 5.74) is -0.436. The summed E-state index contributed by atoms with van der Waals surface area (Å²) in [5, 5.41) is 9.49. The molecule has 0 aliphatic carbocycles. The third-order valence-electron chi connectivity index (χ3n) is 1.61. The summed E-state index contributed by atoms with van der Waals surface area (Å²) < 4.78 is 0. The first-order valence-corrected chi connectivity index (χ1v) is 3.70. The van der Waals surface area contributed by atoms with E-state index in [2.05, 4.69) is 13.8 Å². The van der Waals surface area contributed by atoms with Crippen molar-refractivity contribution < 1.29 is 5.11 Å². The van der Waals surface area contributed by atoms with E-state index in [1.54, 1.807) is 0 Å². The van der Waals surface area contributed by atoms with Gasteiger partial charge in [-0.2, -0.15) is 0 Å². The zero-order chi connectivity index (χ0) is 7.49. The first kappa shape index (κ1) is 8.96. The van der Waals surface area contributed by atoms with Gasteiger partial charge in [-0.25, -0.2) is 0 Å². The molecule has 0 heterocycles. The van der Waals surface area contributed by atoms with Crippen LogP contribution >= 0.6 is 0 Å². The maximum absolute atomic E-state index is 9.49. The van der Waals surface area contributed by atoms with E-state index in [-0.39, 0.29) is 0 Å². The maximum Gasteiger partial charge on any atom is 0.0619 e. The van der Waals surface area contributed by atoms with Crippen LogP contribution < -0.4 is 0 Å². The second-order valence-corrected chi connectivity index (χ2v) is 3.45. The summed E-state index contributed by atoms with van der Waals surface area (Å²) in [4.78, 5) is 0. The van der Waals surface area contributed by atoms with Gasteiger partial charge < -0.3 is 5.11 Å². The summed E-state index contributed by atoms with van der Waals surface area (Å²) in [6.07, 6.45) is 1.76. The quantitative estimate of drug-likeness (QED) is 0.621. The van der Waals surface area contributed by atoms with Crippen LogP contribution in [0.5, 0.6) is 0 Å². The fourth-order valence-corrected chi connectivity index (χ4v) is 1.02. The van der Waals surface area contributed by atoms with Crippen molar-refractivity contribution in [2.45, 2.75) is 46.1 Å². The molecule has 0 saturated heterocycles. The van der Waals surface area contributed by atoms with E-state index in [0.29, 0.717) is 5.92 Å². The average molecular weight is 130 g/mol. The van der Waals surface area contributed by atoms with Crippen LogP contribution in [0.2, 0.25) is 0 Å². The third-order valence-corrected chi connectivity index (χ3v) is 1.61. The first-order chi connectivity index (χ1) is 3.98. The molecule has 1 unspecified atom stereocenters. The predicted octanol–water partition coefficient (Wildman–Crippen LogP) is 2.19. The van der Waals surface area contributed by atoms with Crippen LogP contribution in [0.4, 0.5) is 0 Å². The number of hydrogen-bond acceptors (Lipinski definition) is 1. The normalized spacial score (nSPS) is 18.0. The molecule has 0 aromatic rings. The summed E-state index contributed by atoms with van der Waals surface area (Å²) in [5.74, 6) is 0.597. The van der Waals surface area contributed by atoms with Crippen molar-refractivity contribution in [3.63, 3.8) is 0 Å². The van der Waals surface area contributed by atoms with Gasteiger partial charge in [0.2, 0.25) is 0 Å². The molecule has 1 N–H and O–H groups in total. The SMILES string of the molecule is CCC(C)(O)CC(C)C. The molecule has 0 spiro atoms. The van der Waals surface area contributed by atoms with Crippen molar-refractivity contribution >= 4 is 0 Å². The van der Waals surface area contributed by atoms with E-state index in [4.69, 9.17) is 0 Å². The van der Waals surface area contributed by atoms with Crippen LogP contribution in [0.3, 0.4) is 0 Å². The largest absolute Gasteiger partial charge is 0.390 e. The van der Waals surface area contributed by atoms with E-state index in [9.17, 15) is 5.11 Å². The molecule has 0 fully saturated rings. The molecule has 1 heteroatoms. The molecule has 0 aromatic carbocycles. The second-order valence-electron chi connectivity index (χ2n) is 3.45. The number of hydrogen-bond donors (Lipinski definition) is 1. The number of rotatable bonds is 3. The van der Waals surface area contributed by atoms with Crippen LogP contribution in [0.1, 0.15) is 40.5 Å². The lowest BCUT2D eigenvalue weighted by molar-refractivity contribution is 0.0347. The highest BCUT2D eigenvalue weighted by atomic mass is 16.3. The lowest BCUT2D eigenvalue weighted by Gasteiger charge is -2.22. The Hall–Kier alpha value is -0.0400. The van der Waals surface area contributed by atoms with Crippen LogP contribution in [0, 0.1) is 5.92 Å². The Kier molecular flexibility index (Phi) is 3.20. The van der Waals surface area contributed by atoms with Gasteiger partial charge in [-0.1, -0.05) is 20.8 Å². The molecule has 9 heavy (non-hydrogen) atoms. The fraction of sp³-hybridized carbons (Fsp3) is 1.00. The van der Waals surface area contributed by atoms with Gasteiger partial charge in [-0.05, 0) is 25.7 Å². The molecule has 0 rings (SSSR count). The maximum atomic E-state index is 9.49. The topological polar surface area (TPSA) is 20.2 Å².